The molecule has 3 heteroatoms. The van der Waals surface area contributed by atoms with Gasteiger partial charge in [0.15, 0.2) is 0 Å². The summed E-state index contributed by atoms with van der Waals surface area (Å²) in [6, 6.07) is 10.6. The van der Waals surface area contributed by atoms with Crippen molar-refractivity contribution in [1.29, 1.82) is 0 Å². The number of hydrogen-bond acceptors (Lipinski definition) is 3. The minimum Gasteiger partial charge on any atom is -0.488 e. The van der Waals surface area contributed by atoms with Gasteiger partial charge in [-0.3, -0.25) is 4.98 Å². The highest BCUT2D eigenvalue weighted by Gasteiger charge is 2.28. The minimum atomic E-state index is 0.285. The Bertz CT molecular complexity index is 564. The molecule has 1 aromatic heterocycles. The molecule has 2 aromatic rings. The van der Waals surface area contributed by atoms with E-state index < -0.39 is 0 Å². The molecule has 2 atom stereocenters. The largest absolute Gasteiger partial charge is 0.488 e. The maximum atomic E-state index is 6.30. The van der Waals surface area contributed by atoms with E-state index in [1.807, 2.05) is 24.4 Å². The Kier molecular flexibility index (Phi) is 4.16. The van der Waals surface area contributed by atoms with Crippen LogP contribution in [0.5, 0.6) is 5.75 Å². The van der Waals surface area contributed by atoms with Crippen LogP contribution in [0.2, 0.25) is 0 Å². The molecule has 0 bridgehead atoms. The van der Waals surface area contributed by atoms with Crippen LogP contribution in [0.15, 0.2) is 36.5 Å². The van der Waals surface area contributed by atoms with Crippen LogP contribution in [0.25, 0.3) is 10.9 Å². The third-order valence-corrected chi connectivity index (χ3v) is 3.99. The van der Waals surface area contributed by atoms with Crippen molar-refractivity contribution in [3.63, 3.8) is 0 Å². The number of nitrogens with zero attached hydrogens (tertiary/aromatic N) is 1. The number of aromatic nitrogens is 1. The molecule has 106 valence electrons. The zero-order chi connectivity index (χ0) is 13.8. The smallest absolute Gasteiger partial charge is 0.129 e. The Labute approximate surface area is 120 Å². The molecule has 2 unspecified atom stereocenters. The van der Waals surface area contributed by atoms with E-state index in [0.717, 1.165) is 29.6 Å². The van der Waals surface area contributed by atoms with Crippen LogP contribution in [0.1, 0.15) is 32.6 Å². The molecule has 3 nitrogen and oxygen atoms in total. The molecule has 0 amide bonds. The van der Waals surface area contributed by atoms with E-state index in [9.17, 15) is 0 Å². The zero-order valence-corrected chi connectivity index (χ0v) is 12.0. The zero-order valence-electron chi connectivity index (χ0n) is 12.0. The molecule has 0 aliphatic heterocycles. The molecule has 1 fully saturated rings. The standard InChI is InChI=1S/C17H22N2O/c1-2-11-18-15-8-4-10-17(15)20-16-9-3-7-14-13(16)6-5-12-19-14/h3,5-7,9,12,15,17-18H,2,4,8,10-11H2,1H3. The van der Waals surface area contributed by atoms with Crippen LogP contribution in [0.4, 0.5) is 0 Å². The van der Waals surface area contributed by atoms with E-state index in [4.69, 9.17) is 4.74 Å². The lowest BCUT2D eigenvalue weighted by Gasteiger charge is -2.23. The van der Waals surface area contributed by atoms with Gasteiger partial charge in [0.05, 0.1) is 5.52 Å². The van der Waals surface area contributed by atoms with Gasteiger partial charge in [0.2, 0.25) is 0 Å². The van der Waals surface area contributed by atoms with E-state index in [2.05, 4.69) is 29.4 Å². The number of ether oxygens (including phenoxy) is 1. The van der Waals surface area contributed by atoms with Crippen molar-refractivity contribution in [3.8, 4) is 5.75 Å². The lowest BCUT2D eigenvalue weighted by Crippen LogP contribution is -2.39. The molecular weight excluding hydrogens is 248 g/mol. The molecule has 1 aliphatic rings. The maximum absolute atomic E-state index is 6.30. The number of pyridine rings is 1. The van der Waals surface area contributed by atoms with Gasteiger partial charge in [-0.05, 0) is 56.5 Å². The SMILES string of the molecule is CCCNC1CCCC1Oc1cccc2ncccc12. The van der Waals surface area contributed by atoms with Crippen LogP contribution in [0.3, 0.4) is 0 Å². The van der Waals surface area contributed by atoms with Gasteiger partial charge < -0.3 is 10.1 Å². The second kappa shape index (κ2) is 6.23. The summed E-state index contributed by atoms with van der Waals surface area (Å²) in [5.41, 5.74) is 1.00. The Balaban J connectivity index is 1.78. The second-order valence-corrected chi connectivity index (χ2v) is 5.47. The van der Waals surface area contributed by atoms with Crippen molar-refractivity contribution in [3.05, 3.63) is 36.5 Å². The fraction of sp³-hybridized carbons (Fsp3) is 0.471. The fourth-order valence-corrected chi connectivity index (χ4v) is 2.97. The van der Waals surface area contributed by atoms with E-state index in [1.54, 1.807) is 0 Å². The van der Waals surface area contributed by atoms with Crippen LogP contribution < -0.4 is 10.1 Å². The Morgan fingerprint density at radius 1 is 1.25 bits per heavy atom. The van der Waals surface area contributed by atoms with Crippen molar-refractivity contribution in [1.82, 2.24) is 10.3 Å². The molecule has 0 spiro atoms. The van der Waals surface area contributed by atoms with Crippen molar-refractivity contribution < 1.29 is 4.74 Å². The van der Waals surface area contributed by atoms with Gasteiger partial charge in [0, 0.05) is 17.6 Å². The third kappa shape index (κ3) is 2.78. The average Bonchev–Trinajstić information content (AvgIpc) is 2.93. The van der Waals surface area contributed by atoms with Crippen molar-refractivity contribution in [2.75, 3.05) is 6.54 Å². The average molecular weight is 270 g/mol. The lowest BCUT2D eigenvalue weighted by molar-refractivity contribution is 0.177. The highest BCUT2D eigenvalue weighted by atomic mass is 16.5. The van der Waals surface area contributed by atoms with Gasteiger partial charge in [-0.15, -0.1) is 0 Å². The van der Waals surface area contributed by atoms with Crippen molar-refractivity contribution in [2.24, 2.45) is 0 Å². The predicted octanol–water partition coefficient (Wildman–Crippen LogP) is 3.53. The number of hydrogen-bond donors (Lipinski definition) is 1. The Hall–Kier alpha value is -1.61. The first-order valence-electron chi connectivity index (χ1n) is 7.62. The summed E-state index contributed by atoms with van der Waals surface area (Å²) in [7, 11) is 0. The molecule has 1 aliphatic carbocycles. The first-order chi connectivity index (χ1) is 9.88. The maximum Gasteiger partial charge on any atom is 0.129 e. The van der Waals surface area contributed by atoms with E-state index >= 15 is 0 Å². The number of nitrogens with one attached hydrogen (secondary N) is 1. The summed E-state index contributed by atoms with van der Waals surface area (Å²) in [4.78, 5) is 4.39. The van der Waals surface area contributed by atoms with E-state index in [1.165, 1.54) is 19.3 Å². The van der Waals surface area contributed by atoms with Gasteiger partial charge in [0.25, 0.3) is 0 Å². The first-order valence-corrected chi connectivity index (χ1v) is 7.62. The fourth-order valence-electron chi connectivity index (χ4n) is 2.97. The van der Waals surface area contributed by atoms with Crippen molar-refractivity contribution in [2.45, 2.75) is 44.8 Å². The molecule has 0 saturated heterocycles. The van der Waals surface area contributed by atoms with Gasteiger partial charge in [0.1, 0.15) is 11.9 Å². The molecule has 3 rings (SSSR count). The Morgan fingerprint density at radius 2 is 2.20 bits per heavy atom. The van der Waals surface area contributed by atoms with Gasteiger partial charge >= 0.3 is 0 Å². The van der Waals surface area contributed by atoms with Gasteiger partial charge in [-0.25, -0.2) is 0 Å². The molecule has 1 aromatic carbocycles. The summed E-state index contributed by atoms with van der Waals surface area (Å²) >= 11 is 0. The number of fused-ring (bicyclic) bond motifs is 1. The van der Waals surface area contributed by atoms with Gasteiger partial charge in [-0.2, -0.15) is 0 Å². The molecule has 20 heavy (non-hydrogen) atoms. The predicted molar refractivity (Wildman–Crippen MR) is 82.1 cm³/mol. The number of rotatable bonds is 5. The molecular formula is C17H22N2O. The highest BCUT2D eigenvalue weighted by molar-refractivity contribution is 5.84. The van der Waals surface area contributed by atoms with Crippen molar-refractivity contribution >= 4 is 10.9 Å². The highest BCUT2D eigenvalue weighted by Crippen LogP contribution is 2.29. The van der Waals surface area contributed by atoms with Crippen LogP contribution in [-0.4, -0.2) is 23.7 Å². The molecule has 1 saturated carbocycles. The molecule has 0 radical (unpaired) electrons. The van der Waals surface area contributed by atoms with Crippen LogP contribution >= 0.6 is 0 Å². The summed E-state index contributed by atoms with van der Waals surface area (Å²) in [6.45, 7) is 3.27. The Morgan fingerprint density at radius 3 is 3.10 bits per heavy atom. The minimum absolute atomic E-state index is 0.285. The van der Waals surface area contributed by atoms with Crippen LogP contribution in [-0.2, 0) is 0 Å². The molecule has 1 heterocycles. The summed E-state index contributed by atoms with van der Waals surface area (Å²) in [5, 5.41) is 4.72. The normalized spacial score (nSPS) is 22.2. The summed E-state index contributed by atoms with van der Waals surface area (Å²) < 4.78 is 6.30. The first kappa shape index (κ1) is 13.4. The lowest BCUT2D eigenvalue weighted by atomic mass is 10.1. The van der Waals surface area contributed by atoms with E-state index in [-0.39, 0.29) is 6.10 Å². The number of benzene rings is 1. The molecule has 1 N–H and O–H groups in total. The summed E-state index contributed by atoms with van der Waals surface area (Å²) in [5.74, 6) is 0.964. The van der Waals surface area contributed by atoms with Crippen LogP contribution in [0, 0.1) is 0 Å². The topological polar surface area (TPSA) is 34.1 Å². The summed E-state index contributed by atoms with van der Waals surface area (Å²) in [6.07, 6.45) is 6.88. The quantitative estimate of drug-likeness (QED) is 0.902. The van der Waals surface area contributed by atoms with Gasteiger partial charge in [-0.1, -0.05) is 13.0 Å². The second-order valence-electron chi connectivity index (χ2n) is 5.47. The van der Waals surface area contributed by atoms with E-state index in [0.29, 0.717) is 6.04 Å². The third-order valence-electron chi connectivity index (χ3n) is 3.99. The monoisotopic (exact) mass is 270 g/mol.